The minimum absolute atomic E-state index is 0.0591. The summed E-state index contributed by atoms with van der Waals surface area (Å²) in [6.07, 6.45) is -0.283. The van der Waals surface area contributed by atoms with Crippen molar-refractivity contribution in [3.63, 3.8) is 0 Å². The Bertz CT molecular complexity index is 692. The molecule has 0 aliphatic carbocycles. The summed E-state index contributed by atoms with van der Waals surface area (Å²) in [6, 6.07) is 9.57. The van der Waals surface area contributed by atoms with Crippen LogP contribution in [0.2, 0.25) is 5.02 Å². The zero-order valence-corrected chi connectivity index (χ0v) is 14.7. The first-order chi connectivity index (χ1) is 11.5. The van der Waals surface area contributed by atoms with Gasteiger partial charge in [0.2, 0.25) is 0 Å². The maximum atomic E-state index is 13.8. The SMILES string of the molecule is CCN1C[C@H](F)C[C@@H](Nc2cc(C)c(-c3ccc(Cl)cc3)nn2)C1. The molecule has 1 saturated heterocycles. The molecule has 0 spiro atoms. The maximum Gasteiger partial charge on any atom is 0.149 e. The van der Waals surface area contributed by atoms with E-state index in [-0.39, 0.29) is 6.04 Å². The number of aromatic nitrogens is 2. The van der Waals surface area contributed by atoms with Crippen LogP contribution in [0.25, 0.3) is 11.3 Å². The van der Waals surface area contributed by atoms with Gasteiger partial charge in [-0.15, -0.1) is 10.2 Å². The van der Waals surface area contributed by atoms with E-state index in [1.807, 2.05) is 37.3 Å². The van der Waals surface area contributed by atoms with E-state index in [9.17, 15) is 4.39 Å². The van der Waals surface area contributed by atoms with Gasteiger partial charge in [0.25, 0.3) is 0 Å². The molecule has 0 amide bonds. The van der Waals surface area contributed by atoms with Crippen molar-refractivity contribution >= 4 is 17.4 Å². The normalized spacial score (nSPS) is 21.7. The minimum Gasteiger partial charge on any atom is -0.364 e. The van der Waals surface area contributed by atoms with Crippen molar-refractivity contribution in [2.24, 2.45) is 0 Å². The van der Waals surface area contributed by atoms with Gasteiger partial charge in [-0.2, -0.15) is 0 Å². The molecule has 4 nitrogen and oxygen atoms in total. The first-order valence-electron chi connectivity index (χ1n) is 8.28. The summed E-state index contributed by atoms with van der Waals surface area (Å²) in [5.41, 5.74) is 2.84. The average Bonchev–Trinajstić information content (AvgIpc) is 2.55. The molecule has 24 heavy (non-hydrogen) atoms. The number of nitrogens with zero attached hydrogens (tertiary/aromatic N) is 3. The smallest absolute Gasteiger partial charge is 0.149 e. The molecule has 0 unspecified atom stereocenters. The Kier molecular flexibility index (Phi) is 5.31. The highest BCUT2D eigenvalue weighted by molar-refractivity contribution is 6.30. The molecule has 1 aromatic heterocycles. The van der Waals surface area contributed by atoms with Gasteiger partial charge in [-0.25, -0.2) is 4.39 Å². The van der Waals surface area contributed by atoms with Crippen LogP contribution in [0.15, 0.2) is 30.3 Å². The van der Waals surface area contributed by atoms with Crippen molar-refractivity contribution in [1.29, 1.82) is 0 Å². The average molecular weight is 349 g/mol. The summed E-state index contributed by atoms with van der Waals surface area (Å²) in [4.78, 5) is 2.12. The zero-order chi connectivity index (χ0) is 17.1. The van der Waals surface area contributed by atoms with Crippen LogP contribution in [0, 0.1) is 6.92 Å². The van der Waals surface area contributed by atoms with Crippen molar-refractivity contribution in [3.05, 3.63) is 40.9 Å². The molecule has 128 valence electrons. The number of aryl methyl sites for hydroxylation is 1. The molecular formula is C18H22ClFN4. The number of anilines is 1. The molecule has 1 aliphatic heterocycles. The van der Waals surface area contributed by atoms with Gasteiger partial charge in [0.05, 0.1) is 5.69 Å². The van der Waals surface area contributed by atoms with Gasteiger partial charge in [-0.3, -0.25) is 4.90 Å². The highest BCUT2D eigenvalue weighted by Crippen LogP contribution is 2.24. The van der Waals surface area contributed by atoms with Crippen molar-refractivity contribution in [2.45, 2.75) is 32.5 Å². The third kappa shape index (κ3) is 4.02. The van der Waals surface area contributed by atoms with Gasteiger partial charge < -0.3 is 5.32 Å². The molecule has 6 heteroatoms. The lowest BCUT2D eigenvalue weighted by Gasteiger charge is -2.34. The van der Waals surface area contributed by atoms with Crippen LogP contribution in [0.1, 0.15) is 18.9 Å². The van der Waals surface area contributed by atoms with Gasteiger partial charge in [0.1, 0.15) is 12.0 Å². The van der Waals surface area contributed by atoms with E-state index in [4.69, 9.17) is 11.6 Å². The summed E-state index contributed by atoms with van der Waals surface area (Å²) >= 11 is 5.93. The van der Waals surface area contributed by atoms with Crippen molar-refractivity contribution in [2.75, 3.05) is 25.0 Å². The van der Waals surface area contributed by atoms with E-state index in [0.717, 1.165) is 29.9 Å². The number of piperidine rings is 1. The Morgan fingerprint density at radius 2 is 2.00 bits per heavy atom. The van der Waals surface area contributed by atoms with Crippen LogP contribution in [-0.2, 0) is 0 Å². The summed E-state index contributed by atoms with van der Waals surface area (Å²) < 4.78 is 13.8. The Labute approximate surface area is 147 Å². The quantitative estimate of drug-likeness (QED) is 0.908. The van der Waals surface area contributed by atoms with Gasteiger partial charge in [0, 0.05) is 36.1 Å². The lowest BCUT2D eigenvalue weighted by molar-refractivity contribution is 0.134. The van der Waals surface area contributed by atoms with E-state index >= 15 is 0 Å². The predicted octanol–water partition coefficient (Wildman–Crippen LogP) is 3.95. The number of hydrogen-bond acceptors (Lipinski definition) is 4. The van der Waals surface area contributed by atoms with Gasteiger partial charge in [-0.1, -0.05) is 30.7 Å². The Morgan fingerprint density at radius 3 is 2.67 bits per heavy atom. The fourth-order valence-electron chi connectivity index (χ4n) is 3.14. The van der Waals surface area contributed by atoms with Gasteiger partial charge in [-0.05, 0) is 37.2 Å². The van der Waals surface area contributed by atoms with Crippen LogP contribution < -0.4 is 5.32 Å². The molecule has 2 heterocycles. The molecule has 3 rings (SSSR count). The Morgan fingerprint density at radius 1 is 1.25 bits per heavy atom. The topological polar surface area (TPSA) is 41.0 Å². The van der Waals surface area contributed by atoms with Crippen LogP contribution >= 0.6 is 11.6 Å². The third-order valence-corrected chi connectivity index (χ3v) is 4.63. The monoisotopic (exact) mass is 348 g/mol. The maximum absolute atomic E-state index is 13.8. The first-order valence-corrected chi connectivity index (χ1v) is 8.66. The highest BCUT2D eigenvalue weighted by Gasteiger charge is 2.26. The van der Waals surface area contributed by atoms with E-state index in [1.54, 1.807) is 0 Å². The highest BCUT2D eigenvalue weighted by atomic mass is 35.5. The second-order valence-electron chi connectivity index (χ2n) is 6.29. The molecule has 2 aromatic rings. The van der Waals surface area contributed by atoms with Crippen LogP contribution in [-0.4, -0.2) is 46.9 Å². The van der Waals surface area contributed by atoms with Crippen molar-refractivity contribution < 1.29 is 4.39 Å². The van der Waals surface area contributed by atoms with Gasteiger partial charge in [0.15, 0.2) is 0 Å². The molecule has 1 N–H and O–H groups in total. The number of nitrogens with one attached hydrogen (secondary N) is 1. The van der Waals surface area contributed by atoms with Crippen LogP contribution in [0.4, 0.5) is 10.2 Å². The zero-order valence-electron chi connectivity index (χ0n) is 14.0. The number of hydrogen-bond donors (Lipinski definition) is 1. The van der Waals surface area contributed by atoms with Crippen molar-refractivity contribution in [1.82, 2.24) is 15.1 Å². The number of likely N-dealkylation sites (N-methyl/N-ethyl adjacent to an activating group) is 1. The Hall–Kier alpha value is -1.72. The van der Waals surface area contributed by atoms with E-state index < -0.39 is 6.17 Å². The fourth-order valence-corrected chi connectivity index (χ4v) is 3.27. The van der Waals surface area contributed by atoms with Crippen molar-refractivity contribution in [3.8, 4) is 11.3 Å². The fraction of sp³-hybridized carbons (Fsp3) is 0.444. The number of alkyl halides is 1. The minimum atomic E-state index is -0.793. The Balaban J connectivity index is 1.74. The molecule has 0 bridgehead atoms. The molecule has 1 fully saturated rings. The second kappa shape index (κ2) is 7.45. The predicted molar refractivity (Wildman–Crippen MR) is 96.3 cm³/mol. The molecule has 1 aromatic carbocycles. The van der Waals surface area contributed by atoms with Crippen LogP contribution in [0.5, 0.6) is 0 Å². The summed E-state index contributed by atoms with van der Waals surface area (Å²) in [5, 5.41) is 12.6. The largest absolute Gasteiger partial charge is 0.364 e. The lowest BCUT2D eigenvalue weighted by atomic mass is 10.0. The summed E-state index contributed by atoms with van der Waals surface area (Å²) in [7, 11) is 0. The van der Waals surface area contributed by atoms with E-state index in [1.165, 1.54) is 0 Å². The number of benzene rings is 1. The summed E-state index contributed by atoms with van der Waals surface area (Å²) in [6.45, 7) is 6.27. The lowest BCUT2D eigenvalue weighted by Crippen LogP contribution is -2.47. The third-order valence-electron chi connectivity index (χ3n) is 4.38. The first kappa shape index (κ1) is 17.1. The number of halogens is 2. The number of rotatable bonds is 4. The molecule has 0 saturated carbocycles. The van der Waals surface area contributed by atoms with Crippen LogP contribution in [0.3, 0.4) is 0 Å². The van der Waals surface area contributed by atoms with E-state index in [2.05, 4.69) is 27.3 Å². The van der Waals surface area contributed by atoms with E-state index in [0.29, 0.717) is 23.8 Å². The second-order valence-corrected chi connectivity index (χ2v) is 6.73. The molecule has 1 aliphatic rings. The number of likely N-dealkylation sites (tertiary alicyclic amines) is 1. The van der Waals surface area contributed by atoms with Gasteiger partial charge >= 0.3 is 0 Å². The molecular weight excluding hydrogens is 327 g/mol. The standard InChI is InChI=1S/C18H22ClFN4/c1-3-24-10-15(20)9-16(11-24)21-17-8-12(2)18(23-22-17)13-4-6-14(19)7-5-13/h4-8,15-16H,3,9-11H2,1-2H3,(H,21,22)/t15-,16-/m1/s1. The summed E-state index contributed by atoms with van der Waals surface area (Å²) in [5.74, 6) is 0.695. The molecule has 0 radical (unpaired) electrons. The molecule has 2 atom stereocenters.